The highest BCUT2D eigenvalue weighted by Gasteiger charge is 2.25. The lowest BCUT2D eigenvalue weighted by molar-refractivity contribution is -0.385. The summed E-state index contributed by atoms with van der Waals surface area (Å²) in [6.07, 6.45) is 0.750. The van der Waals surface area contributed by atoms with Gasteiger partial charge in [0.15, 0.2) is 0 Å². The van der Waals surface area contributed by atoms with E-state index in [9.17, 15) is 14.9 Å². The fourth-order valence-electron chi connectivity index (χ4n) is 3.51. The molecule has 0 unspecified atom stereocenters. The number of nitrogens with zero attached hydrogens (tertiary/aromatic N) is 2. The quantitative estimate of drug-likeness (QED) is 0.562. The Bertz CT molecular complexity index is 1030. The van der Waals surface area contributed by atoms with Gasteiger partial charge in [0.2, 0.25) is 5.91 Å². The largest absolute Gasteiger partial charge is 0.358 e. The molecule has 1 aliphatic heterocycles. The first-order chi connectivity index (χ1) is 12.5. The molecule has 1 N–H and O–H groups in total. The number of carbonyl (C=O) groups excluding carboxylic acids is 1. The Morgan fingerprint density at radius 2 is 2.08 bits per heavy atom. The first-order valence-corrected chi connectivity index (χ1v) is 8.70. The van der Waals surface area contributed by atoms with Gasteiger partial charge < -0.3 is 9.88 Å². The summed E-state index contributed by atoms with van der Waals surface area (Å²) >= 11 is 6.11. The lowest BCUT2D eigenvalue weighted by Gasteiger charge is -2.27. The average molecular weight is 370 g/mol. The minimum Gasteiger partial charge on any atom is -0.358 e. The summed E-state index contributed by atoms with van der Waals surface area (Å²) in [6.45, 7) is 1.07. The van der Waals surface area contributed by atoms with Gasteiger partial charge in [-0.3, -0.25) is 14.9 Å². The number of benzene rings is 2. The number of hydrogen-bond acceptors (Lipinski definition) is 3. The van der Waals surface area contributed by atoms with Crippen molar-refractivity contribution in [3.63, 3.8) is 0 Å². The second kappa shape index (κ2) is 6.46. The number of para-hydroxylation sites is 1. The second-order valence-electron chi connectivity index (χ2n) is 6.40. The first-order valence-electron chi connectivity index (χ1n) is 8.32. The number of fused-ring (bicyclic) bond motifs is 3. The maximum atomic E-state index is 12.7. The molecule has 3 aromatic rings. The molecule has 1 amide bonds. The number of nitrogens with one attached hydrogen (secondary N) is 1. The van der Waals surface area contributed by atoms with Crippen LogP contribution in [0.5, 0.6) is 0 Å². The molecule has 132 valence electrons. The van der Waals surface area contributed by atoms with Crippen LogP contribution < -0.4 is 0 Å². The molecule has 4 rings (SSSR count). The third-order valence-corrected chi connectivity index (χ3v) is 5.06. The maximum Gasteiger partial charge on any atom is 0.273 e. The van der Waals surface area contributed by atoms with E-state index in [1.165, 1.54) is 6.07 Å². The third-order valence-electron chi connectivity index (χ3n) is 4.82. The van der Waals surface area contributed by atoms with Crippen LogP contribution in [0.4, 0.5) is 5.69 Å². The van der Waals surface area contributed by atoms with Crippen molar-refractivity contribution in [1.29, 1.82) is 0 Å². The van der Waals surface area contributed by atoms with Crippen molar-refractivity contribution in [3.05, 3.63) is 74.4 Å². The molecule has 6 nitrogen and oxygen atoms in total. The van der Waals surface area contributed by atoms with Crippen molar-refractivity contribution in [3.8, 4) is 0 Å². The van der Waals surface area contributed by atoms with Gasteiger partial charge in [-0.2, -0.15) is 0 Å². The van der Waals surface area contributed by atoms with Gasteiger partial charge in [-0.15, -0.1) is 0 Å². The molecule has 1 aliphatic rings. The summed E-state index contributed by atoms with van der Waals surface area (Å²) in [5.41, 5.74) is 3.63. The zero-order valence-corrected chi connectivity index (χ0v) is 14.6. The Morgan fingerprint density at radius 1 is 1.27 bits per heavy atom. The summed E-state index contributed by atoms with van der Waals surface area (Å²) in [6, 6.07) is 12.1. The summed E-state index contributed by atoms with van der Waals surface area (Å²) in [5.74, 6) is -0.110. The molecule has 2 aromatic carbocycles. The average Bonchev–Trinajstić information content (AvgIpc) is 2.99. The number of nitro benzene ring substituents is 1. The number of aromatic nitrogens is 1. The Kier molecular flexibility index (Phi) is 4.12. The van der Waals surface area contributed by atoms with Crippen LogP contribution in [0.1, 0.15) is 16.8 Å². The highest BCUT2D eigenvalue weighted by atomic mass is 35.5. The lowest BCUT2D eigenvalue weighted by atomic mass is 10.0. The number of carbonyl (C=O) groups is 1. The minimum absolute atomic E-state index is 0.0163. The molecule has 0 radical (unpaired) electrons. The molecule has 0 saturated heterocycles. The van der Waals surface area contributed by atoms with E-state index in [-0.39, 0.29) is 18.0 Å². The number of halogens is 1. The van der Waals surface area contributed by atoms with Gasteiger partial charge in [0.25, 0.3) is 5.69 Å². The predicted octanol–water partition coefficient (Wildman–Crippen LogP) is 3.86. The van der Waals surface area contributed by atoms with Crippen molar-refractivity contribution < 1.29 is 9.72 Å². The highest BCUT2D eigenvalue weighted by Crippen LogP contribution is 2.30. The van der Waals surface area contributed by atoms with Crippen LogP contribution in [0.15, 0.2) is 42.5 Å². The normalized spacial score (nSPS) is 13.7. The molecular weight excluding hydrogens is 354 g/mol. The molecule has 0 atom stereocenters. The van der Waals surface area contributed by atoms with E-state index in [0.717, 1.165) is 28.6 Å². The van der Waals surface area contributed by atoms with Crippen molar-refractivity contribution >= 4 is 34.1 Å². The van der Waals surface area contributed by atoms with E-state index < -0.39 is 4.92 Å². The van der Waals surface area contributed by atoms with Crippen LogP contribution in [0.3, 0.4) is 0 Å². The Labute approximate surface area is 154 Å². The highest BCUT2D eigenvalue weighted by molar-refractivity contribution is 6.31. The molecule has 26 heavy (non-hydrogen) atoms. The second-order valence-corrected chi connectivity index (χ2v) is 6.84. The Balaban J connectivity index is 1.59. The molecule has 0 fully saturated rings. The summed E-state index contributed by atoms with van der Waals surface area (Å²) in [5, 5.41) is 12.8. The summed E-state index contributed by atoms with van der Waals surface area (Å²) in [7, 11) is 0. The van der Waals surface area contributed by atoms with E-state index in [0.29, 0.717) is 23.7 Å². The zero-order chi connectivity index (χ0) is 18.3. The van der Waals surface area contributed by atoms with Gasteiger partial charge in [0.1, 0.15) is 0 Å². The number of aromatic amines is 1. The number of amides is 1. The first kappa shape index (κ1) is 16.6. The van der Waals surface area contributed by atoms with Crippen LogP contribution >= 0.6 is 11.6 Å². The SMILES string of the molecule is O=C(Cc1ccccc1[N+](=O)[O-])N1CCc2[nH]c3ccc(Cl)cc3c2C1. The van der Waals surface area contributed by atoms with Crippen LogP contribution in [0.2, 0.25) is 5.02 Å². The monoisotopic (exact) mass is 369 g/mol. The fourth-order valence-corrected chi connectivity index (χ4v) is 3.68. The molecule has 0 spiro atoms. The molecule has 2 heterocycles. The Hall–Kier alpha value is -2.86. The number of hydrogen-bond donors (Lipinski definition) is 1. The minimum atomic E-state index is -0.446. The standard InChI is InChI=1S/C19H16ClN3O3/c20-13-5-6-16-14(10-13)15-11-22(8-7-17(15)21-16)19(24)9-12-3-1-2-4-18(12)23(25)26/h1-6,10,21H,7-9,11H2. The number of H-pyrrole nitrogens is 1. The van der Waals surface area contributed by atoms with Crippen LogP contribution in [-0.2, 0) is 24.2 Å². The molecule has 0 bridgehead atoms. The van der Waals surface area contributed by atoms with Gasteiger partial charge in [-0.05, 0) is 18.2 Å². The maximum absolute atomic E-state index is 12.7. The van der Waals surface area contributed by atoms with E-state index >= 15 is 0 Å². The zero-order valence-electron chi connectivity index (χ0n) is 13.9. The van der Waals surface area contributed by atoms with Gasteiger partial charge in [0, 0.05) is 58.3 Å². The fraction of sp³-hybridized carbons (Fsp3) is 0.211. The van der Waals surface area contributed by atoms with Crippen molar-refractivity contribution in [2.75, 3.05) is 6.54 Å². The van der Waals surface area contributed by atoms with Gasteiger partial charge in [-0.1, -0.05) is 29.8 Å². The van der Waals surface area contributed by atoms with Crippen LogP contribution in [0, 0.1) is 10.1 Å². The molecule has 0 aliphatic carbocycles. The molecular formula is C19H16ClN3O3. The lowest BCUT2D eigenvalue weighted by Crippen LogP contribution is -2.36. The third kappa shape index (κ3) is 2.93. The van der Waals surface area contributed by atoms with E-state index in [1.54, 1.807) is 23.1 Å². The van der Waals surface area contributed by atoms with Gasteiger partial charge in [0.05, 0.1) is 11.3 Å². The van der Waals surface area contributed by atoms with Gasteiger partial charge >= 0.3 is 0 Å². The Morgan fingerprint density at radius 3 is 2.88 bits per heavy atom. The molecule has 0 saturated carbocycles. The number of nitro groups is 1. The van der Waals surface area contributed by atoms with Crippen LogP contribution in [0.25, 0.3) is 10.9 Å². The molecule has 7 heteroatoms. The summed E-state index contributed by atoms with van der Waals surface area (Å²) in [4.78, 5) is 28.6. The number of rotatable bonds is 3. The van der Waals surface area contributed by atoms with E-state index in [1.807, 2.05) is 18.2 Å². The van der Waals surface area contributed by atoms with Gasteiger partial charge in [-0.25, -0.2) is 0 Å². The molecule has 1 aromatic heterocycles. The smallest absolute Gasteiger partial charge is 0.273 e. The topological polar surface area (TPSA) is 79.2 Å². The summed E-state index contributed by atoms with van der Waals surface area (Å²) < 4.78 is 0. The van der Waals surface area contributed by atoms with Crippen molar-refractivity contribution in [2.24, 2.45) is 0 Å². The van der Waals surface area contributed by atoms with E-state index in [4.69, 9.17) is 11.6 Å². The van der Waals surface area contributed by atoms with E-state index in [2.05, 4.69) is 4.98 Å². The predicted molar refractivity (Wildman–Crippen MR) is 99.2 cm³/mol. The van der Waals surface area contributed by atoms with Crippen molar-refractivity contribution in [2.45, 2.75) is 19.4 Å². The van der Waals surface area contributed by atoms with Crippen molar-refractivity contribution in [1.82, 2.24) is 9.88 Å². The van der Waals surface area contributed by atoms with Crippen LogP contribution in [-0.4, -0.2) is 27.3 Å².